The minimum absolute atomic E-state index is 0.109. The number of para-hydroxylation sites is 1. The SMILES string of the molecule is COC(=O)C1CCN(c2ncnc(NNC(=O)c3ccccc3OC)c2[N+](=O)[O-])CC1. The third-order valence-electron chi connectivity index (χ3n) is 4.96. The maximum absolute atomic E-state index is 12.5. The van der Waals surface area contributed by atoms with Crippen LogP contribution >= 0.6 is 0 Å². The third kappa shape index (κ3) is 4.79. The van der Waals surface area contributed by atoms with Crippen molar-refractivity contribution in [2.24, 2.45) is 5.92 Å². The maximum Gasteiger partial charge on any atom is 0.355 e. The molecule has 0 saturated carbocycles. The fourth-order valence-corrected chi connectivity index (χ4v) is 3.37. The summed E-state index contributed by atoms with van der Waals surface area (Å²) >= 11 is 0. The number of nitro groups is 1. The number of ether oxygens (including phenoxy) is 2. The van der Waals surface area contributed by atoms with Gasteiger partial charge in [0.2, 0.25) is 11.6 Å². The molecule has 3 rings (SSSR count). The highest BCUT2D eigenvalue weighted by molar-refractivity contribution is 5.97. The lowest BCUT2D eigenvalue weighted by molar-refractivity contribution is -0.383. The molecule has 2 heterocycles. The molecule has 1 aromatic carbocycles. The van der Waals surface area contributed by atoms with E-state index in [1.54, 1.807) is 29.2 Å². The normalized spacial score (nSPS) is 13.9. The number of nitrogens with one attached hydrogen (secondary N) is 2. The molecular formula is C19H22N6O6. The van der Waals surface area contributed by atoms with Crippen molar-refractivity contribution in [1.29, 1.82) is 0 Å². The summed E-state index contributed by atoms with van der Waals surface area (Å²) in [5.41, 5.74) is 4.79. The van der Waals surface area contributed by atoms with Gasteiger partial charge in [-0.3, -0.25) is 30.6 Å². The summed E-state index contributed by atoms with van der Waals surface area (Å²) in [5.74, 6) is -0.789. The molecule has 12 heteroatoms. The smallest absolute Gasteiger partial charge is 0.355 e. The van der Waals surface area contributed by atoms with Gasteiger partial charge in [-0.05, 0) is 25.0 Å². The Morgan fingerprint density at radius 2 is 1.90 bits per heavy atom. The van der Waals surface area contributed by atoms with Crippen molar-refractivity contribution in [2.45, 2.75) is 12.8 Å². The van der Waals surface area contributed by atoms with E-state index in [1.165, 1.54) is 20.5 Å². The number of methoxy groups -OCH3 is 2. The zero-order valence-corrected chi connectivity index (χ0v) is 17.0. The summed E-state index contributed by atoms with van der Waals surface area (Å²) in [7, 11) is 2.77. The van der Waals surface area contributed by atoms with Crippen molar-refractivity contribution in [1.82, 2.24) is 15.4 Å². The molecule has 1 aliphatic rings. The van der Waals surface area contributed by atoms with E-state index in [0.29, 0.717) is 31.7 Å². The minimum Gasteiger partial charge on any atom is -0.496 e. The Balaban J connectivity index is 1.77. The van der Waals surface area contributed by atoms with E-state index in [9.17, 15) is 19.7 Å². The Morgan fingerprint density at radius 1 is 1.19 bits per heavy atom. The van der Waals surface area contributed by atoms with Crippen LogP contribution < -0.4 is 20.5 Å². The average molecular weight is 430 g/mol. The molecule has 1 amide bonds. The second kappa shape index (κ2) is 9.69. The lowest BCUT2D eigenvalue weighted by Crippen LogP contribution is -2.38. The fourth-order valence-electron chi connectivity index (χ4n) is 3.37. The van der Waals surface area contributed by atoms with Gasteiger partial charge in [0.05, 0.1) is 30.6 Å². The van der Waals surface area contributed by atoms with Gasteiger partial charge < -0.3 is 14.4 Å². The molecule has 2 aromatic rings. The van der Waals surface area contributed by atoms with E-state index in [-0.39, 0.29) is 34.8 Å². The molecule has 1 fully saturated rings. The molecule has 2 N–H and O–H groups in total. The van der Waals surface area contributed by atoms with E-state index >= 15 is 0 Å². The average Bonchev–Trinajstić information content (AvgIpc) is 2.81. The first-order valence-corrected chi connectivity index (χ1v) is 9.47. The highest BCUT2D eigenvalue weighted by atomic mass is 16.6. The van der Waals surface area contributed by atoms with Gasteiger partial charge in [0, 0.05) is 13.1 Å². The number of carbonyl (C=O) groups is 2. The van der Waals surface area contributed by atoms with Crippen molar-refractivity contribution in [3.63, 3.8) is 0 Å². The van der Waals surface area contributed by atoms with E-state index in [0.717, 1.165) is 0 Å². The molecule has 0 bridgehead atoms. The van der Waals surface area contributed by atoms with Gasteiger partial charge in [0.1, 0.15) is 12.1 Å². The summed E-state index contributed by atoms with van der Waals surface area (Å²) in [6, 6.07) is 6.56. The lowest BCUT2D eigenvalue weighted by atomic mass is 9.97. The fraction of sp³-hybridized carbons (Fsp3) is 0.368. The molecule has 1 aliphatic heterocycles. The number of hydrogen-bond acceptors (Lipinski definition) is 10. The van der Waals surface area contributed by atoms with Gasteiger partial charge in [0.15, 0.2) is 0 Å². The number of amides is 1. The van der Waals surface area contributed by atoms with Crippen LogP contribution in [-0.2, 0) is 9.53 Å². The number of hydrazine groups is 1. The van der Waals surface area contributed by atoms with Crippen LogP contribution in [-0.4, -0.2) is 54.1 Å². The number of anilines is 2. The number of esters is 1. The quantitative estimate of drug-likeness (QED) is 0.376. The molecule has 1 saturated heterocycles. The van der Waals surface area contributed by atoms with Gasteiger partial charge in [-0.2, -0.15) is 0 Å². The number of piperidine rings is 1. The molecular weight excluding hydrogens is 408 g/mol. The molecule has 31 heavy (non-hydrogen) atoms. The van der Waals surface area contributed by atoms with Gasteiger partial charge in [-0.1, -0.05) is 12.1 Å². The first kappa shape index (κ1) is 21.7. The standard InChI is InChI=1S/C19H22N6O6/c1-30-14-6-4-3-5-13(14)18(26)23-22-16-15(25(28)29)17(21-11-20-16)24-9-7-12(8-10-24)19(27)31-2/h3-6,11-12H,7-10H2,1-2H3,(H,23,26)(H,20,21,22). The Morgan fingerprint density at radius 3 is 2.55 bits per heavy atom. The summed E-state index contributed by atoms with van der Waals surface area (Å²) in [6.07, 6.45) is 2.15. The predicted molar refractivity (Wildman–Crippen MR) is 110 cm³/mol. The Kier molecular flexibility index (Phi) is 6.80. The van der Waals surface area contributed by atoms with Crippen LogP contribution in [0.2, 0.25) is 0 Å². The molecule has 0 atom stereocenters. The largest absolute Gasteiger partial charge is 0.496 e. The summed E-state index contributed by atoms with van der Waals surface area (Å²) in [5, 5.41) is 11.8. The van der Waals surface area contributed by atoms with Crippen molar-refractivity contribution >= 4 is 29.2 Å². The minimum atomic E-state index is -0.612. The van der Waals surface area contributed by atoms with E-state index < -0.39 is 10.8 Å². The molecule has 0 aliphatic carbocycles. The molecule has 0 radical (unpaired) electrons. The zero-order chi connectivity index (χ0) is 22.4. The summed E-state index contributed by atoms with van der Waals surface area (Å²) in [4.78, 5) is 45.0. The van der Waals surface area contributed by atoms with Gasteiger partial charge in [-0.15, -0.1) is 0 Å². The van der Waals surface area contributed by atoms with Crippen LogP contribution in [0.15, 0.2) is 30.6 Å². The van der Waals surface area contributed by atoms with Crippen molar-refractivity contribution < 1.29 is 24.0 Å². The molecule has 0 unspecified atom stereocenters. The van der Waals surface area contributed by atoms with Crippen molar-refractivity contribution in [3.05, 3.63) is 46.3 Å². The molecule has 12 nitrogen and oxygen atoms in total. The highest BCUT2D eigenvalue weighted by Gasteiger charge is 2.32. The lowest BCUT2D eigenvalue weighted by Gasteiger charge is -2.31. The number of rotatable bonds is 7. The Hall–Kier alpha value is -3.96. The number of aromatic nitrogens is 2. The van der Waals surface area contributed by atoms with Gasteiger partial charge in [0.25, 0.3) is 5.91 Å². The first-order chi connectivity index (χ1) is 15.0. The first-order valence-electron chi connectivity index (χ1n) is 9.47. The number of nitrogens with zero attached hydrogens (tertiary/aromatic N) is 4. The van der Waals surface area contributed by atoms with Crippen molar-refractivity contribution in [2.75, 3.05) is 37.6 Å². The monoisotopic (exact) mass is 430 g/mol. The van der Waals surface area contributed by atoms with Crippen LogP contribution in [0.5, 0.6) is 5.75 Å². The summed E-state index contributed by atoms with van der Waals surface area (Å²) < 4.78 is 9.92. The van der Waals surface area contributed by atoms with E-state index in [2.05, 4.69) is 20.8 Å². The van der Waals surface area contributed by atoms with Crippen molar-refractivity contribution in [3.8, 4) is 5.75 Å². The van der Waals surface area contributed by atoms with Gasteiger partial charge >= 0.3 is 11.7 Å². The predicted octanol–water partition coefficient (Wildman–Crippen LogP) is 1.54. The van der Waals surface area contributed by atoms with Gasteiger partial charge in [-0.25, -0.2) is 9.97 Å². The highest BCUT2D eigenvalue weighted by Crippen LogP contribution is 2.34. The number of hydrogen-bond donors (Lipinski definition) is 2. The third-order valence-corrected chi connectivity index (χ3v) is 4.96. The maximum atomic E-state index is 12.5. The van der Waals surface area contributed by atoms with E-state index in [1.807, 2.05) is 0 Å². The topological polar surface area (TPSA) is 149 Å². The van der Waals surface area contributed by atoms with E-state index in [4.69, 9.17) is 9.47 Å². The number of carbonyl (C=O) groups excluding carboxylic acids is 2. The Labute approximate surface area is 177 Å². The van der Waals surface area contributed by atoms with Crippen LogP contribution in [0.3, 0.4) is 0 Å². The Bertz CT molecular complexity index is 976. The second-order valence-corrected chi connectivity index (χ2v) is 6.72. The van der Waals surface area contributed by atoms with Crippen LogP contribution in [0.1, 0.15) is 23.2 Å². The van der Waals surface area contributed by atoms with Crippen LogP contribution in [0.4, 0.5) is 17.3 Å². The number of benzene rings is 1. The summed E-state index contributed by atoms with van der Waals surface area (Å²) in [6.45, 7) is 0.787. The molecule has 1 aromatic heterocycles. The molecule has 164 valence electrons. The zero-order valence-electron chi connectivity index (χ0n) is 17.0. The van der Waals surface area contributed by atoms with Crippen LogP contribution in [0.25, 0.3) is 0 Å². The molecule has 0 spiro atoms. The second-order valence-electron chi connectivity index (χ2n) is 6.72. The van der Waals surface area contributed by atoms with Crippen LogP contribution in [0, 0.1) is 16.0 Å².